The molecule has 128 valence electrons. The Balaban J connectivity index is 1.82. The van der Waals surface area contributed by atoms with Gasteiger partial charge in [0, 0.05) is 23.5 Å². The number of aromatic amines is 1. The lowest BCUT2D eigenvalue weighted by molar-refractivity contribution is -0.139. The second-order valence-electron chi connectivity index (χ2n) is 5.63. The van der Waals surface area contributed by atoms with Crippen molar-refractivity contribution in [2.45, 2.75) is 12.5 Å². The van der Waals surface area contributed by atoms with Gasteiger partial charge in [0.1, 0.15) is 11.8 Å². The number of carboxylic acids is 1. The number of amides is 1. The van der Waals surface area contributed by atoms with E-state index < -0.39 is 17.9 Å². The number of carboxylic acid groups (broad SMARTS) is 1. The normalized spacial score (nSPS) is 11.9. The lowest BCUT2D eigenvalue weighted by Crippen LogP contribution is -2.42. The number of carbonyl (C=O) groups excluding carboxylic acids is 1. The van der Waals surface area contributed by atoms with Crippen LogP contribution < -0.4 is 10.1 Å². The van der Waals surface area contributed by atoms with E-state index in [0.29, 0.717) is 11.3 Å². The van der Waals surface area contributed by atoms with Crippen LogP contribution in [-0.4, -0.2) is 35.1 Å². The van der Waals surface area contributed by atoms with Gasteiger partial charge < -0.3 is 20.1 Å². The molecule has 6 nitrogen and oxygen atoms in total. The van der Waals surface area contributed by atoms with Crippen LogP contribution in [0.3, 0.4) is 0 Å². The minimum atomic E-state index is -1.09. The first kappa shape index (κ1) is 16.6. The summed E-state index contributed by atoms with van der Waals surface area (Å²) in [5.74, 6) is -1.17. The Morgan fingerprint density at radius 1 is 1.16 bits per heavy atom. The van der Waals surface area contributed by atoms with Crippen molar-refractivity contribution >= 4 is 22.8 Å². The summed E-state index contributed by atoms with van der Waals surface area (Å²) in [6.45, 7) is 0. The van der Waals surface area contributed by atoms with Crippen LogP contribution in [0.2, 0.25) is 0 Å². The lowest BCUT2D eigenvalue weighted by Gasteiger charge is -2.15. The van der Waals surface area contributed by atoms with Crippen molar-refractivity contribution in [1.82, 2.24) is 10.3 Å². The summed E-state index contributed by atoms with van der Waals surface area (Å²) in [6, 6.07) is 13.3. The fourth-order valence-corrected chi connectivity index (χ4v) is 2.79. The predicted molar refractivity (Wildman–Crippen MR) is 93.9 cm³/mol. The van der Waals surface area contributed by atoms with Crippen molar-refractivity contribution in [1.29, 1.82) is 0 Å². The first-order valence-corrected chi connectivity index (χ1v) is 7.82. The molecular weight excluding hydrogens is 320 g/mol. The third-order valence-corrected chi connectivity index (χ3v) is 4.05. The lowest BCUT2D eigenvalue weighted by atomic mass is 10.0. The fourth-order valence-electron chi connectivity index (χ4n) is 2.79. The van der Waals surface area contributed by atoms with Crippen molar-refractivity contribution in [2.75, 3.05) is 7.11 Å². The van der Waals surface area contributed by atoms with Gasteiger partial charge in [0.05, 0.1) is 12.7 Å². The molecule has 6 heteroatoms. The van der Waals surface area contributed by atoms with Gasteiger partial charge in [-0.15, -0.1) is 0 Å². The Labute approximate surface area is 144 Å². The first-order valence-electron chi connectivity index (χ1n) is 7.82. The third-order valence-electron chi connectivity index (χ3n) is 4.05. The Kier molecular flexibility index (Phi) is 4.70. The number of hydrogen-bond donors (Lipinski definition) is 3. The van der Waals surface area contributed by atoms with Gasteiger partial charge in [-0.3, -0.25) is 4.79 Å². The van der Waals surface area contributed by atoms with Gasteiger partial charge in [0.2, 0.25) is 0 Å². The van der Waals surface area contributed by atoms with E-state index in [1.807, 2.05) is 24.3 Å². The molecule has 0 saturated carbocycles. The molecule has 0 aliphatic carbocycles. The van der Waals surface area contributed by atoms with Crippen molar-refractivity contribution in [3.8, 4) is 5.75 Å². The number of H-pyrrole nitrogens is 1. The molecule has 0 spiro atoms. The molecule has 3 N–H and O–H groups in total. The van der Waals surface area contributed by atoms with Crippen molar-refractivity contribution in [2.24, 2.45) is 0 Å². The number of benzene rings is 2. The van der Waals surface area contributed by atoms with Gasteiger partial charge in [-0.2, -0.15) is 0 Å². The number of aliphatic carboxylic acids is 1. The summed E-state index contributed by atoms with van der Waals surface area (Å²) in [5.41, 5.74) is 2.07. The average Bonchev–Trinajstić information content (AvgIpc) is 3.04. The quantitative estimate of drug-likeness (QED) is 0.644. The maximum Gasteiger partial charge on any atom is 0.326 e. The highest BCUT2D eigenvalue weighted by Gasteiger charge is 2.23. The molecule has 0 radical (unpaired) electrons. The number of methoxy groups -OCH3 is 1. The van der Waals surface area contributed by atoms with Crippen LogP contribution >= 0.6 is 0 Å². The Morgan fingerprint density at radius 2 is 1.88 bits per heavy atom. The van der Waals surface area contributed by atoms with Crippen LogP contribution in [0.1, 0.15) is 15.9 Å². The van der Waals surface area contributed by atoms with Gasteiger partial charge in [-0.25, -0.2) is 4.79 Å². The van der Waals surface area contributed by atoms with Crippen LogP contribution in [0.4, 0.5) is 0 Å². The van der Waals surface area contributed by atoms with Gasteiger partial charge in [0.25, 0.3) is 5.91 Å². The van der Waals surface area contributed by atoms with Crippen LogP contribution in [0, 0.1) is 0 Å². The van der Waals surface area contributed by atoms with Gasteiger partial charge in [0.15, 0.2) is 0 Å². The second-order valence-corrected chi connectivity index (χ2v) is 5.63. The summed E-state index contributed by atoms with van der Waals surface area (Å²) in [4.78, 5) is 27.2. The molecule has 0 aliphatic heterocycles. The van der Waals surface area contributed by atoms with E-state index in [-0.39, 0.29) is 6.42 Å². The summed E-state index contributed by atoms with van der Waals surface area (Å²) < 4.78 is 5.16. The van der Waals surface area contributed by atoms with Crippen LogP contribution in [0.25, 0.3) is 10.9 Å². The van der Waals surface area contributed by atoms with Crippen molar-refractivity contribution in [3.63, 3.8) is 0 Å². The van der Waals surface area contributed by atoms with E-state index in [0.717, 1.165) is 16.5 Å². The van der Waals surface area contributed by atoms with Crippen molar-refractivity contribution < 1.29 is 19.4 Å². The summed E-state index contributed by atoms with van der Waals surface area (Å²) in [7, 11) is 1.47. The van der Waals surface area contributed by atoms with E-state index in [2.05, 4.69) is 10.3 Å². The number of carbonyl (C=O) groups is 2. The zero-order valence-electron chi connectivity index (χ0n) is 13.7. The van der Waals surface area contributed by atoms with Crippen LogP contribution in [-0.2, 0) is 11.2 Å². The monoisotopic (exact) mass is 338 g/mol. The molecule has 1 heterocycles. The number of fused-ring (bicyclic) bond motifs is 1. The molecule has 0 bridgehead atoms. The zero-order valence-corrected chi connectivity index (χ0v) is 13.7. The number of ether oxygens (including phenoxy) is 1. The first-order chi connectivity index (χ1) is 12.1. The third kappa shape index (κ3) is 3.47. The minimum absolute atomic E-state index is 0.181. The Bertz CT molecular complexity index is 916. The van der Waals surface area contributed by atoms with E-state index in [1.165, 1.54) is 7.11 Å². The van der Waals surface area contributed by atoms with E-state index >= 15 is 0 Å². The smallest absolute Gasteiger partial charge is 0.326 e. The molecule has 0 unspecified atom stereocenters. The number of nitrogens with one attached hydrogen (secondary N) is 2. The maximum absolute atomic E-state index is 12.5. The van der Waals surface area contributed by atoms with E-state index in [1.54, 1.807) is 30.5 Å². The SMILES string of the molecule is COc1ccccc1C(=O)N[C@H](Cc1c[nH]c2ccccc12)C(=O)O. The molecular formula is C19H18N2O4. The van der Waals surface area contributed by atoms with E-state index in [9.17, 15) is 14.7 Å². The van der Waals surface area contributed by atoms with E-state index in [4.69, 9.17) is 4.74 Å². The highest BCUT2D eigenvalue weighted by molar-refractivity contribution is 5.99. The molecule has 0 aliphatic rings. The molecule has 3 aromatic rings. The summed E-state index contributed by atoms with van der Waals surface area (Å²) in [6.07, 6.45) is 1.95. The minimum Gasteiger partial charge on any atom is -0.496 e. The van der Waals surface area contributed by atoms with Crippen LogP contribution in [0.15, 0.2) is 54.7 Å². The Morgan fingerprint density at radius 3 is 2.64 bits per heavy atom. The van der Waals surface area contributed by atoms with Gasteiger partial charge >= 0.3 is 5.97 Å². The fraction of sp³-hybridized carbons (Fsp3) is 0.158. The molecule has 3 rings (SSSR count). The maximum atomic E-state index is 12.5. The number of aromatic nitrogens is 1. The molecule has 0 fully saturated rings. The number of para-hydroxylation sites is 2. The largest absolute Gasteiger partial charge is 0.496 e. The Hall–Kier alpha value is -3.28. The topological polar surface area (TPSA) is 91.4 Å². The summed E-state index contributed by atoms with van der Waals surface area (Å²) in [5, 5.41) is 13.0. The summed E-state index contributed by atoms with van der Waals surface area (Å²) >= 11 is 0. The molecule has 25 heavy (non-hydrogen) atoms. The molecule has 2 aromatic carbocycles. The predicted octanol–water partition coefficient (Wildman–Crippen LogP) is 2.60. The molecule has 1 aromatic heterocycles. The second kappa shape index (κ2) is 7.09. The average molecular weight is 338 g/mol. The van der Waals surface area contributed by atoms with Gasteiger partial charge in [-0.1, -0.05) is 30.3 Å². The number of rotatable bonds is 6. The zero-order chi connectivity index (χ0) is 17.8. The molecule has 1 atom stereocenters. The van der Waals surface area contributed by atoms with Crippen LogP contribution in [0.5, 0.6) is 5.75 Å². The molecule has 1 amide bonds. The highest BCUT2D eigenvalue weighted by atomic mass is 16.5. The molecule has 0 saturated heterocycles. The van der Waals surface area contributed by atoms with Gasteiger partial charge in [-0.05, 0) is 23.8 Å². The highest BCUT2D eigenvalue weighted by Crippen LogP contribution is 2.20. The number of hydrogen-bond acceptors (Lipinski definition) is 3. The standard InChI is InChI=1S/C19H18N2O4/c1-25-17-9-5-3-7-14(17)18(22)21-16(19(23)24)10-12-11-20-15-8-4-2-6-13(12)15/h2-9,11,16,20H,10H2,1H3,(H,21,22)(H,23,24)/t16-/m1/s1. The van der Waals surface area contributed by atoms with Crippen molar-refractivity contribution in [3.05, 3.63) is 65.9 Å².